The molecule has 0 bridgehead atoms. The van der Waals surface area contributed by atoms with Crippen molar-refractivity contribution in [2.24, 2.45) is 0 Å². The lowest BCUT2D eigenvalue weighted by Crippen LogP contribution is -2.39. The molecular formula is C29H38N2OS. The number of thiophene rings is 1. The van der Waals surface area contributed by atoms with Crippen molar-refractivity contribution in [1.82, 2.24) is 4.90 Å². The van der Waals surface area contributed by atoms with Crippen molar-refractivity contribution in [2.45, 2.75) is 77.2 Å². The number of aryl methyl sites for hydroxylation is 1. The van der Waals surface area contributed by atoms with Crippen LogP contribution >= 0.6 is 11.3 Å². The number of unbranched alkanes of at least 4 members (excludes halogenated alkanes) is 1. The number of hydrogen-bond donors (Lipinski definition) is 1. The number of benzene rings is 2. The van der Waals surface area contributed by atoms with E-state index in [1.165, 1.54) is 60.0 Å². The third kappa shape index (κ3) is 6.45. The molecule has 0 radical (unpaired) electrons. The summed E-state index contributed by atoms with van der Waals surface area (Å²) in [6.07, 6.45) is 8.60. The monoisotopic (exact) mass is 462 g/mol. The first-order valence-corrected chi connectivity index (χ1v) is 13.6. The first-order chi connectivity index (χ1) is 16.1. The Hall–Kier alpha value is -2.17. The van der Waals surface area contributed by atoms with Gasteiger partial charge in [0.05, 0.1) is 0 Å². The Bertz CT molecular complexity index is 1020. The maximum Gasteiger partial charge on any atom is 0.224 e. The van der Waals surface area contributed by atoms with E-state index in [-0.39, 0.29) is 5.91 Å². The lowest BCUT2D eigenvalue weighted by atomic mass is 9.88. The molecule has 1 saturated heterocycles. The molecule has 0 saturated carbocycles. The standard InChI is InChI=1S/C29H38N2OS/c1-3-9-22(2)31-18-16-24(17-19-31)27-21-33-28-15-14-25(20-26(27)28)30-29(32)13-8-7-12-23-10-5-4-6-11-23/h4-6,10-11,14-15,20-22,24H,3,7-9,12-13,16-19H2,1-2H3,(H,30,32). The molecule has 1 N–H and O–H groups in total. The SMILES string of the molecule is CCCC(C)N1CCC(c2csc3ccc(NC(=O)CCCCc4ccccc4)cc23)CC1. The Morgan fingerprint density at radius 3 is 2.67 bits per heavy atom. The van der Waals surface area contributed by atoms with Gasteiger partial charge in [-0.1, -0.05) is 43.7 Å². The minimum Gasteiger partial charge on any atom is -0.326 e. The molecule has 2 heterocycles. The van der Waals surface area contributed by atoms with E-state index in [9.17, 15) is 4.79 Å². The van der Waals surface area contributed by atoms with Gasteiger partial charge in [0.1, 0.15) is 0 Å². The van der Waals surface area contributed by atoms with Crippen LogP contribution in [0, 0.1) is 0 Å². The minimum atomic E-state index is 0.123. The van der Waals surface area contributed by atoms with Crippen LogP contribution in [0.4, 0.5) is 5.69 Å². The van der Waals surface area contributed by atoms with Crippen molar-refractivity contribution in [3.05, 3.63) is 65.0 Å². The van der Waals surface area contributed by atoms with Gasteiger partial charge >= 0.3 is 0 Å². The fraction of sp³-hybridized carbons (Fsp3) is 0.483. The van der Waals surface area contributed by atoms with Crippen LogP contribution in [0.15, 0.2) is 53.9 Å². The molecular weight excluding hydrogens is 424 g/mol. The Kier molecular flexibility index (Phi) is 8.57. The number of hydrogen-bond acceptors (Lipinski definition) is 3. The lowest BCUT2D eigenvalue weighted by Gasteiger charge is -2.36. The van der Waals surface area contributed by atoms with Gasteiger partial charge in [-0.15, -0.1) is 11.3 Å². The van der Waals surface area contributed by atoms with Crippen molar-refractivity contribution >= 4 is 33.0 Å². The molecule has 33 heavy (non-hydrogen) atoms. The second kappa shape index (κ2) is 11.8. The Morgan fingerprint density at radius 1 is 1.12 bits per heavy atom. The molecule has 1 amide bonds. The van der Waals surface area contributed by atoms with Gasteiger partial charge in [-0.3, -0.25) is 4.79 Å². The number of nitrogens with zero attached hydrogens (tertiary/aromatic N) is 1. The van der Waals surface area contributed by atoms with Crippen molar-refractivity contribution in [3.63, 3.8) is 0 Å². The van der Waals surface area contributed by atoms with E-state index in [2.05, 4.69) is 71.9 Å². The maximum absolute atomic E-state index is 12.5. The van der Waals surface area contributed by atoms with Crippen LogP contribution in [-0.4, -0.2) is 29.9 Å². The van der Waals surface area contributed by atoms with E-state index in [4.69, 9.17) is 0 Å². The van der Waals surface area contributed by atoms with Gasteiger partial charge in [-0.2, -0.15) is 0 Å². The van der Waals surface area contributed by atoms with Crippen LogP contribution in [0.5, 0.6) is 0 Å². The topological polar surface area (TPSA) is 32.3 Å². The predicted molar refractivity (Wildman–Crippen MR) is 142 cm³/mol. The fourth-order valence-corrected chi connectivity index (χ4v) is 6.20. The van der Waals surface area contributed by atoms with Gasteiger partial charge < -0.3 is 10.2 Å². The highest BCUT2D eigenvalue weighted by atomic mass is 32.1. The van der Waals surface area contributed by atoms with Gasteiger partial charge in [-0.25, -0.2) is 0 Å². The highest BCUT2D eigenvalue weighted by Crippen LogP contribution is 2.38. The number of nitrogens with one attached hydrogen (secondary N) is 1. The maximum atomic E-state index is 12.5. The van der Waals surface area contributed by atoms with Gasteiger partial charge in [0, 0.05) is 22.8 Å². The zero-order valence-corrected chi connectivity index (χ0v) is 21.0. The first-order valence-electron chi connectivity index (χ1n) is 12.7. The van der Waals surface area contributed by atoms with E-state index >= 15 is 0 Å². The number of carbonyl (C=O) groups is 1. The van der Waals surface area contributed by atoms with E-state index in [1.807, 2.05) is 17.4 Å². The van der Waals surface area contributed by atoms with Crippen LogP contribution in [0.2, 0.25) is 0 Å². The molecule has 0 spiro atoms. The summed E-state index contributed by atoms with van der Waals surface area (Å²) < 4.78 is 1.33. The number of likely N-dealkylation sites (tertiary alicyclic amines) is 1. The number of amides is 1. The van der Waals surface area contributed by atoms with E-state index in [0.29, 0.717) is 18.4 Å². The third-order valence-corrected chi connectivity index (χ3v) is 8.13. The molecule has 176 valence electrons. The minimum absolute atomic E-state index is 0.123. The number of piperidine rings is 1. The first kappa shape index (κ1) is 24.0. The molecule has 1 aliphatic heterocycles. The van der Waals surface area contributed by atoms with Gasteiger partial charge in [0.25, 0.3) is 0 Å². The molecule has 1 atom stereocenters. The average molecular weight is 463 g/mol. The summed E-state index contributed by atoms with van der Waals surface area (Å²) in [5.41, 5.74) is 3.76. The third-order valence-electron chi connectivity index (χ3n) is 7.15. The summed E-state index contributed by atoms with van der Waals surface area (Å²) in [4.78, 5) is 15.2. The normalized spacial score (nSPS) is 16.2. The second-order valence-corrected chi connectivity index (χ2v) is 10.5. The number of carbonyl (C=O) groups excluding carboxylic acids is 1. The molecule has 4 heteroatoms. The van der Waals surface area contributed by atoms with Crippen LogP contribution in [0.1, 0.15) is 75.8 Å². The average Bonchev–Trinajstić information content (AvgIpc) is 3.26. The van der Waals surface area contributed by atoms with Crippen LogP contribution in [0.25, 0.3) is 10.1 Å². The summed E-state index contributed by atoms with van der Waals surface area (Å²) in [5.74, 6) is 0.755. The van der Waals surface area contributed by atoms with E-state index < -0.39 is 0 Å². The van der Waals surface area contributed by atoms with Crippen LogP contribution in [-0.2, 0) is 11.2 Å². The summed E-state index contributed by atoms with van der Waals surface area (Å²) in [5, 5.41) is 6.84. The summed E-state index contributed by atoms with van der Waals surface area (Å²) in [6, 6.07) is 17.6. The molecule has 1 aliphatic rings. The summed E-state index contributed by atoms with van der Waals surface area (Å²) in [6.45, 7) is 7.05. The zero-order valence-electron chi connectivity index (χ0n) is 20.2. The highest BCUT2D eigenvalue weighted by molar-refractivity contribution is 7.17. The molecule has 1 fully saturated rings. The van der Waals surface area contributed by atoms with Crippen molar-refractivity contribution in [1.29, 1.82) is 0 Å². The molecule has 1 aromatic heterocycles. The number of fused-ring (bicyclic) bond motifs is 1. The number of anilines is 1. The largest absolute Gasteiger partial charge is 0.326 e. The molecule has 1 unspecified atom stereocenters. The molecule has 3 aromatic rings. The quantitative estimate of drug-likeness (QED) is 0.314. The van der Waals surface area contributed by atoms with Crippen molar-refractivity contribution in [3.8, 4) is 0 Å². The zero-order chi connectivity index (χ0) is 23.0. The molecule has 0 aliphatic carbocycles. The molecule has 4 rings (SSSR count). The van der Waals surface area contributed by atoms with Crippen molar-refractivity contribution < 1.29 is 4.79 Å². The smallest absolute Gasteiger partial charge is 0.224 e. The predicted octanol–water partition coefficient (Wildman–Crippen LogP) is 7.62. The summed E-state index contributed by atoms with van der Waals surface area (Å²) in [7, 11) is 0. The van der Waals surface area contributed by atoms with Crippen LogP contribution in [0.3, 0.4) is 0 Å². The van der Waals surface area contributed by atoms with Gasteiger partial charge in [0.2, 0.25) is 5.91 Å². The lowest BCUT2D eigenvalue weighted by molar-refractivity contribution is -0.116. The van der Waals surface area contributed by atoms with Gasteiger partial charge in [0.15, 0.2) is 0 Å². The Labute approximate surface area is 203 Å². The summed E-state index contributed by atoms with van der Waals surface area (Å²) >= 11 is 1.84. The van der Waals surface area contributed by atoms with E-state index in [0.717, 1.165) is 24.9 Å². The van der Waals surface area contributed by atoms with E-state index in [1.54, 1.807) is 0 Å². The molecule has 3 nitrogen and oxygen atoms in total. The Morgan fingerprint density at radius 2 is 1.91 bits per heavy atom. The van der Waals surface area contributed by atoms with Crippen LogP contribution < -0.4 is 5.32 Å². The van der Waals surface area contributed by atoms with Gasteiger partial charge in [-0.05, 0) is 105 Å². The highest BCUT2D eigenvalue weighted by Gasteiger charge is 2.25. The fourth-order valence-electron chi connectivity index (χ4n) is 5.18. The number of rotatable bonds is 10. The second-order valence-electron chi connectivity index (χ2n) is 9.59. The molecule has 2 aromatic carbocycles. The Balaban J connectivity index is 1.31. The van der Waals surface area contributed by atoms with Crippen molar-refractivity contribution in [2.75, 3.05) is 18.4 Å².